The van der Waals surface area contributed by atoms with Crippen molar-refractivity contribution < 1.29 is 13.9 Å². The minimum Gasteiger partial charge on any atom is -0.481 e. The summed E-state index contributed by atoms with van der Waals surface area (Å²) in [5, 5.41) is 5.72. The van der Waals surface area contributed by atoms with Crippen molar-refractivity contribution in [3.63, 3.8) is 0 Å². The highest BCUT2D eigenvalue weighted by Gasteiger charge is 2.22. The number of carbonyl (C=O) groups excluding carboxylic acids is 1. The Morgan fingerprint density at radius 2 is 2.29 bits per heavy atom. The zero-order valence-electron chi connectivity index (χ0n) is 13.2. The van der Waals surface area contributed by atoms with E-state index in [9.17, 15) is 9.18 Å². The van der Waals surface area contributed by atoms with Gasteiger partial charge in [-0.15, -0.1) is 11.8 Å². The van der Waals surface area contributed by atoms with Crippen LogP contribution in [0.2, 0.25) is 0 Å². The molecule has 3 rings (SSSR count). The van der Waals surface area contributed by atoms with Crippen LogP contribution in [-0.4, -0.2) is 23.9 Å². The lowest BCUT2D eigenvalue weighted by Crippen LogP contribution is -2.38. The normalized spacial score (nSPS) is 16.2. The summed E-state index contributed by atoms with van der Waals surface area (Å²) >= 11 is 1.68. The van der Waals surface area contributed by atoms with E-state index in [1.807, 2.05) is 6.07 Å². The van der Waals surface area contributed by atoms with Crippen LogP contribution in [0.1, 0.15) is 23.6 Å². The van der Waals surface area contributed by atoms with E-state index in [2.05, 4.69) is 15.6 Å². The molecule has 0 bridgehead atoms. The maximum atomic E-state index is 13.5. The Balaban J connectivity index is 1.58. The van der Waals surface area contributed by atoms with Gasteiger partial charge in [0, 0.05) is 29.5 Å². The molecule has 0 saturated carbocycles. The number of halogens is 1. The summed E-state index contributed by atoms with van der Waals surface area (Å²) < 4.78 is 18.5. The Kier molecular flexibility index (Phi) is 5.20. The Labute approximate surface area is 144 Å². The van der Waals surface area contributed by atoms with Crippen molar-refractivity contribution in [3.05, 3.63) is 53.5 Å². The fourth-order valence-electron chi connectivity index (χ4n) is 2.54. The van der Waals surface area contributed by atoms with E-state index in [1.54, 1.807) is 37.2 Å². The SMILES string of the molecule is COc1ccc(CNC(=O)N[C@@H]2CCSc3ccc(F)cc32)cn1. The first-order chi connectivity index (χ1) is 11.7. The van der Waals surface area contributed by atoms with E-state index in [4.69, 9.17) is 4.74 Å². The van der Waals surface area contributed by atoms with Gasteiger partial charge in [-0.25, -0.2) is 14.2 Å². The molecule has 0 saturated heterocycles. The largest absolute Gasteiger partial charge is 0.481 e. The van der Waals surface area contributed by atoms with Crippen molar-refractivity contribution in [1.82, 2.24) is 15.6 Å². The Morgan fingerprint density at radius 3 is 3.04 bits per heavy atom. The standard InChI is InChI=1S/C17H18FN3O2S/c1-23-16-5-2-11(9-19-16)10-20-17(22)21-14-6-7-24-15-4-3-12(18)8-13(14)15/h2-5,8-9,14H,6-7,10H2,1H3,(H2,20,21,22)/t14-/m1/s1. The van der Waals surface area contributed by atoms with Gasteiger partial charge in [0.15, 0.2) is 0 Å². The molecule has 2 amide bonds. The number of methoxy groups -OCH3 is 1. The van der Waals surface area contributed by atoms with Crippen LogP contribution in [0.3, 0.4) is 0 Å². The van der Waals surface area contributed by atoms with Gasteiger partial charge in [-0.05, 0) is 35.7 Å². The third-order valence-electron chi connectivity index (χ3n) is 3.78. The van der Waals surface area contributed by atoms with Crippen LogP contribution in [0, 0.1) is 5.82 Å². The molecular weight excluding hydrogens is 329 g/mol. The molecule has 1 aromatic heterocycles. The van der Waals surface area contributed by atoms with E-state index >= 15 is 0 Å². The number of carbonyl (C=O) groups is 1. The van der Waals surface area contributed by atoms with Crippen LogP contribution < -0.4 is 15.4 Å². The van der Waals surface area contributed by atoms with Crippen molar-refractivity contribution >= 4 is 17.8 Å². The van der Waals surface area contributed by atoms with Crippen LogP contribution in [0.15, 0.2) is 41.4 Å². The van der Waals surface area contributed by atoms with Gasteiger partial charge in [-0.2, -0.15) is 0 Å². The number of aromatic nitrogens is 1. The average Bonchev–Trinajstić information content (AvgIpc) is 2.61. The molecule has 0 spiro atoms. The third kappa shape index (κ3) is 3.97. The number of ether oxygens (including phenoxy) is 1. The van der Waals surface area contributed by atoms with E-state index < -0.39 is 0 Å². The number of hydrogen-bond acceptors (Lipinski definition) is 4. The summed E-state index contributed by atoms with van der Waals surface area (Å²) in [6.07, 6.45) is 2.43. The summed E-state index contributed by atoms with van der Waals surface area (Å²) in [4.78, 5) is 17.2. The molecule has 126 valence electrons. The van der Waals surface area contributed by atoms with Gasteiger partial charge < -0.3 is 15.4 Å². The number of thioether (sulfide) groups is 1. The molecule has 1 aliphatic heterocycles. The molecule has 7 heteroatoms. The molecule has 0 aliphatic carbocycles. The minimum atomic E-state index is -0.284. The number of pyridine rings is 1. The van der Waals surface area contributed by atoms with E-state index in [-0.39, 0.29) is 17.9 Å². The van der Waals surface area contributed by atoms with E-state index in [1.165, 1.54) is 12.1 Å². The van der Waals surface area contributed by atoms with E-state index in [0.29, 0.717) is 12.4 Å². The molecule has 1 atom stereocenters. The van der Waals surface area contributed by atoms with Gasteiger partial charge in [-0.1, -0.05) is 6.07 Å². The summed E-state index contributed by atoms with van der Waals surface area (Å²) in [6, 6.07) is 7.85. The van der Waals surface area contributed by atoms with Gasteiger partial charge in [0.25, 0.3) is 0 Å². The highest BCUT2D eigenvalue weighted by Crippen LogP contribution is 2.36. The monoisotopic (exact) mass is 347 g/mol. The Bertz CT molecular complexity index is 724. The summed E-state index contributed by atoms with van der Waals surface area (Å²) in [7, 11) is 1.55. The van der Waals surface area contributed by atoms with Crippen molar-refractivity contribution in [2.45, 2.75) is 23.9 Å². The van der Waals surface area contributed by atoms with Gasteiger partial charge in [-0.3, -0.25) is 0 Å². The zero-order chi connectivity index (χ0) is 16.9. The molecule has 5 nitrogen and oxygen atoms in total. The molecule has 0 fully saturated rings. The number of urea groups is 1. The smallest absolute Gasteiger partial charge is 0.315 e. The van der Waals surface area contributed by atoms with Crippen molar-refractivity contribution in [2.75, 3.05) is 12.9 Å². The van der Waals surface area contributed by atoms with Crippen LogP contribution in [-0.2, 0) is 6.54 Å². The highest BCUT2D eigenvalue weighted by atomic mass is 32.2. The maximum Gasteiger partial charge on any atom is 0.315 e. The number of hydrogen-bond donors (Lipinski definition) is 2. The van der Waals surface area contributed by atoms with Crippen molar-refractivity contribution in [3.8, 4) is 5.88 Å². The molecule has 2 heterocycles. The number of nitrogens with zero attached hydrogens (tertiary/aromatic N) is 1. The van der Waals surface area contributed by atoms with Gasteiger partial charge in [0.1, 0.15) is 5.82 Å². The number of benzene rings is 1. The van der Waals surface area contributed by atoms with Crippen molar-refractivity contribution in [2.24, 2.45) is 0 Å². The lowest BCUT2D eigenvalue weighted by atomic mass is 10.0. The summed E-state index contributed by atoms with van der Waals surface area (Å²) in [6.45, 7) is 0.361. The van der Waals surface area contributed by atoms with Gasteiger partial charge >= 0.3 is 6.03 Å². The lowest BCUT2D eigenvalue weighted by Gasteiger charge is -2.26. The quantitative estimate of drug-likeness (QED) is 0.891. The second-order valence-electron chi connectivity index (χ2n) is 5.41. The zero-order valence-corrected chi connectivity index (χ0v) is 14.0. The van der Waals surface area contributed by atoms with Crippen LogP contribution in [0.5, 0.6) is 5.88 Å². The topological polar surface area (TPSA) is 63.2 Å². The molecule has 0 unspecified atom stereocenters. The second kappa shape index (κ2) is 7.53. The third-order valence-corrected chi connectivity index (χ3v) is 4.90. The number of rotatable bonds is 4. The van der Waals surface area contributed by atoms with Gasteiger partial charge in [0.05, 0.1) is 13.2 Å². The Morgan fingerprint density at radius 1 is 1.42 bits per heavy atom. The molecule has 2 N–H and O–H groups in total. The predicted octanol–water partition coefficient (Wildman–Crippen LogP) is 3.27. The number of nitrogens with one attached hydrogen (secondary N) is 2. The molecular formula is C17H18FN3O2S. The van der Waals surface area contributed by atoms with Crippen LogP contribution in [0.4, 0.5) is 9.18 Å². The molecule has 24 heavy (non-hydrogen) atoms. The first-order valence-corrected chi connectivity index (χ1v) is 8.60. The lowest BCUT2D eigenvalue weighted by molar-refractivity contribution is 0.236. The first-order valence-electron chi connectivity index (χ1n) is 7.61. The first kappa shape index (κ1) is 16.6. The molecule has 1 aliphatic rings. The number of fused-ring (bicyclic) bond motifs is 1. The second-order valence-corrected chi connectivity index (χ2v) is 6.54. The van der Waals surface area contributed by atoms with Crippen LogP contribution >= 0.6 is 11.8 Å². The minimum absolute atomic E-state index is 0.175. The van der Waals surface area contributed by atoms with E-state index in [0.717, 1.165) is 28.2 Å². The fraction of sp³-hybridized carbons (Fsp3) is 0.294. The average molecular weight is 347 g/mol. The fourth-order valence-corrected chi connectivity index (χ4v) is 3.65. The molecule has 0 radical (unpaired) electrons. The molecule has 1 aromatic carbocycles. The highest BCUT2D eigenvalue weighted by molar-refractivity contribution is 7.99. The van der Waals surface area contributed by atoms with Gasteiger partial charge in [0.2, 0.25) is 5.88 Å². The van der Waals surface area contributed by atoms with Crippen LogP contribution in [0.25, 0.3) is 0 Å². The summed E-state index contributed by atoms with van der Waals surface area (Å²) in [5.74, 6) is 1.14. The number of amides is 2. The Hall–Kier alpha value is -2.28. The summed E-state index contributed by atoms with van der Waals surface area (Å²) in [5.41, 5.74) is 1.71. The predicted molar refractivity (Wildman–Crippen MR) is 90.6 cm³/mol. The molecule has 2 aromatic rings. The van der Waals surface area contributed by atoms with Crippen molar-refractivity contribution in [1.29, 1.82) is 0 Å². The maximum absolute atomic E-state index is 13.5.